The fraction of sp³-hybridized carbons (Fsp3) is 0.500. The molecule has 0 aromatic heterocycles. The lowest BCUT2D eigenvalue weighted by molar-refractivity contribution is -0.138. The van der Waals surface area contributed by atoms with Crippen molar-refractivity contribution in [3.8, 4) is 0 Å². The van der Waals surface area contributed by atoms with Crippen LogP contribution in [0.5, 0.6) is 0 Å². The fourth-order valence-corrected chi connectivity index (χ4v) is 2.53. The predicted molar refractivity (Wildman–Crippen MR) is 79.8 cm³/mol. The summed E-state index contributed by atoms with van der Waals surface area (Å²) in [5.74, 6) is -1.02. The minimum atomic E-state index is -1.02. The van der Waals surface area contributed by atoms with Crippen LogP contribution in [-0.4, -0.2) is 28.8 Å². The topological polar surface area (TPSA) is 66.8 Å². The van der Waals surface area contributed by atoms with Crippen LogP contribution in [0, 0.1) is 13.8 Å². The number of amides is 1. The Hall–Kier alpha value is -2.04. The lowest BCUT2D eigenvalue weighted by Gasteiger charge is -2.27. The van der Waals surface area contributed by atoms with Crippen molar-refractivity contribution in [2.45, 2.75) is 52.7 Å². The summed E-state index contributed by atoms with van der Waals surface area (Å²) in [6.07, 6.45) is -0.297. The van der Waals surface area contributed by atoms with E-state index in [9.17, 15) is 14.7 Å². The maximum atomic E-state index is 12.4. The van der Waals surface area contributed by atoms with Crippen LogP contribution in [0.25, 0.3) is 0 Å². The standard InChI is InChI=1S/C16H21NO4/c1-9-6-7-12-11(10(9)2)8-13(14(18)19)17(12)15(20)21-16(3,4)5/h6-7,13H,8H2,1-5H3,(H,18,19)/t13-/m0/s1. The predicted octanol–water partition coefficient (Wildman–Crippen LogP) is 3.05. The molecule has 0 saturated carbocycles. The van der Waals surface area contributed by atoms with Crippen molar-refractivity contribution in [3.05, 3.63) is 28.8 Å². The number of carboxylic acid groups (broad SMARTS) is 1. The van der Waals surface area contributed by atoms with Gasteiger partial charge in [0.25, 0.3) is 0 Å². The Labute approximate surface area is 124 Å². The Balaban J connectivity index is 2.46. The maximum Gasteiger partial charge on any atom is 0.415 e. The average Bonchev–Trinajstić information content (AvgIpc) is 2.72. The van der Waals surface area contributed by atoms with Crippen LogP contribution in [0.1, 0.15) is 37.5 Å². The number of ether oxygens (including phenoxy) is 1. The van der Waals surface area contributed by atoms with Gasteiger partial charge in [-0.1, -0.05) is 6.07 Å². The van der Waals surface area contributed by atoms with Crippen LogP contribution < -0.4 is 4.90 Å². The third-order valence-electron chi connectivity index (χ3n) is 3.69. The number of rotatable bonds is 1. The van der Waals surface area contributed by atoms with Crippen LogP contribution in [0.15, 0.2) is 12.1 Å². The van der Waals surface area contributed by atoms with E-state index in [1.54, 1.807) is 26.8 Å². The first-order valence-electron chi connectivity index (χ1n) is 6.96. The maximum absolute atomic E-state index is 12.4. The molecule has 0 fully saturated rings. The van der Waals surface area contributed by atoms with E-state index in [1.807, 2.05) is 19.9 Å². The molecule has 1 aliphatic rings. The number of hydrogen-bond donors (Lipinski definition) is 1. The molecule has 5 heteroatoms. The van der Waals surface area contributed by atoms with Gasteiger partial charge in [0, 0.05) is 6.42 Å². The first-order chi connectivity index (χ1) is 9.61. The van der Waals surface area contributed by atoms with Crippen LogP contribution in [0.4, 0.5) is 10.5 Å². The molecule has 0 bridgehead atoms. The van der Waals surface area contributed by atoms with Crippen LogP contribution in [-0.2, 0) is 16.0 Å². The largest absolute Gasteiger partial charge is 0.480 e. The first-order valence-corrected chi connectivity index (χ1v) is 6.96. The Kier molecular flexibility index (Phi) is 3.70. The highest BCUT2D eigenvalue weighted by atomic mass is 16.6. The number of nitrogens with zero attached hydrogens (tertiary/aromatic N) is 1. The van der Waals surface area contributed by atoms with E-state index in [-0.39, 0.29) is 0 Å². The van der Waals surface area contributed by atoms with E-state index < -0.39 is 23.7 Å². The van der Waals surface area contributed by atoms with Gasteiger partial charge in [0.1, 0.15) is 11.6 Å². The smallest absolute Gasteiger partial charge is 0.415 e. The zero-order chi connectivity index (χ0) is 15.9. The van der Waals surface area contributed by atoms with Crippen molar-refractivity contribution in [2.24, 2.45) is 0 Å². The summed E-state index contributed by atoms with van der Waals surface area (Å²) in [6.45, 7) is 9.21. The highest BCUT2D eigenvalue weighted by Gasteiger charge is 2.41. The summed E-state index contributed by atoms with van der Waals surface area (Å²) >= 11 is 0. The summed E-state index contributed by atoms with van der Waals surface area (Å²) in [5.41, 5.74) is 3.00. The van der Waals surface area contributed by atoms with Gasteiger partial charge in [0.05, 0.1) is 5.69 Å². The molecular formula is C16H21NO4. The first kappa shape index (κ1) is 15.4. The number of carbonyl (C=O) groups is 2. The van der Waals surface area contributed by atoms with Crippen LogP contribution >= 0.6 is 0 Å². The second kappa shape index (κ2) is 5.06. The number of aliphatic carboxylic acids is 1. The van der Waals surface area contributed by atoms with Crippen LogP contribution in [0.2, 0.25) is 0 Å². The van der Waals surface area contributed by atoms with Gasteiger partial charge < -0.3 is 9.84 Å². The quantitative estimate of drug-likeness (QED) is 0.863. The fourth-order valence-electron chi connectivity index (χ4n) is 2.53. The number of anilines is 1. The molecule has 5 nitrogen and oxygen atoms in total. The van der Waals surface area contributed by atoms with E-state index in [0.29, 0.717) is 12.1 Å². The summed E-state index contributed by atoms with van der Waals surface area (Å²) < 4.78 is 5.35. The van der Waals surface area contributed by atoms with Gasteiger partial charge in [-0.25, -0.2) is 9.59 Å². The molecule has 0 unspecified atom stereocenters. The molecule has 1 heterocycles. The zero-order valence-corrected chi connectivity index (χ0v) is 13.1. The summed E-state index contributed by atoms with van der Waals surface area (Å²) in [6, 6.07) is 2.79. The number of hydrogen-bond acceptors (Lipinski definition) is 3. The molecule has 0 spiro atoms. The Morgan fingerprint density at radius 3 is 2.43 bits per heavy atom. The third-order valence-corrected chi connectivity index (χ3v) is 3.69. The lowest BCUT2D eigenvalue weighted by atomic mass is 10.00. The second-order valence-corrected chi connectivity index (χ2v) is 6.41. The molecule has 2 rings (SSSR count). The summed E-state index contributed by atoms with van der Waals surface area (Å²) in [5, 5.41) is 9.41. The Bertz CT molecular complexity index is 601. The van der Waals surface area contributed by atoms with Crippen molar-refractivity contribution in [2.75, 3.05) is 4.90 Å². The van der Waals surface area contributed by atoms with E-state index in [1.165, 1.54) is 4.90 Å². The van der Waals surface area contributed by atoms with Crippen LogP contribution in [0.3, 0.4) is 0 Å². The Morgan fingerprint density at radius 2 is 1.90 bits per heavy atom. The van der Waals surface area contributed by atoms with E-state index in [4.69, 9.17) is 4.74 Å². The molecule has 114 valence electrons. The molecule has 21 heavy (non-hydrogen) atoms. The van der Waals surface area contributed by atoms with Gasteiger partial charge in [-0.15, -0.1) is 0 Å². The summed E-state index contributed by atoms with van der Waals surface area (Å²) in [7, 11) is 0. The molecule has 0 saturated heterocycles. The molecular weight excluding hydrogens is 270 g/mol. The molecule has 0 radical (unpaired) electrons. The lowest BCUT2D eigenvalue weighted by Crippen LogP contribution is -2.45. The van der Waals surface area contributed by atoms with Crippen molar-refractivity contribution >= 4 is 17.7 Å². The normalized spacial score (nSPS) is 17.6. The highest BCUT2D eigenvalue weighted by Crippen LogP contribution is 2.36. The van der Waals surface area contributed by atoms with E-state index in [0.717, 1.165) is 16.7 Å². The van der Waals surface area contributed by atoms with Gasteiger partial charge in [0.2, 0.25) is 0 Å². The van der Waals surface area contributed by atoms with E-state index in [2.05, 4.69) is 0 Å². The summed E-state index contributed by atoms with van der Waals surface area (Å²) in [4.78, 5) is 25.1. The number of carboxylic acids is 1. The van der Waals surface area contributed by atoms with Crippen molar-refractivity contribution in [1.29, 1.82) is 0 Å². The molecule has 1 aliphatic heterocycles. The third kappa shape index (κ3) is 2.86. The molecule has 1 aromatic carbocycles. The van der Waals surface area contributed by atoms with Crippen molar-refractivity contribution in [3.63, 3.8) is 0 Å². The van der Waals surface area contributed by atoms with Gasteiger partial charge in [-0.2, -0.15) is 0 Å². The van der Waals surface area contributed by atoms with E-state index >= 15 is 0 Å². The Morgan fingerprint density at radius 1 is 1.29 bits per heavy atom. The molecule has 1 aromatic rings. The molecule has 0 aliphatic carbocycles. The molecule has 1 amide bonds. The minimum absolute atomic E-state index is 0.317. The van der Waals surface area contributed by atoms with Gasteiger partial charge in [-0.05, 0) is 57.4 Å². The van der Waals surface area contributed by atoms with Crippen molar-refractivity contribution < 1.29 is 19.4 Å². The van der Waals surface area contributed by atoms with Gasteiger partial charge >= 0.3 is 12.1 Å². The number of carbonyl (C=O) groups excluding carboxylic acids is 1. The molecule has 1 N–H and O–H groups in total. The van der Waals surface area contributed by atoms with Gasteiger partial charge in [-0.3, -0.25) is 4.90 Å². The average molecular weight is 291 g/mol. The molecule has 1 atom stereocenters. The second-order valence-electron chi connectivity index (χ2n) is 6.41. The zero-order valence-electron chi connectivity index (χ0n) is 13.1. The number of fused-ring (bicyclic) bond motifs is 1. The van der Waals surface area contributed by atoms with Crippen molar-refractivity contribution in [1.82, 2.24) is 0 Å². The number of benzene rings is 1. The number of aryl methyl sites for hydroxylation is 1. The minimum Gasteiger partial charge on any atom is -0.480 e. The monoisotopic (exact) mass is 291 g/mol. The SMILES string of the molecule is Cc1ccc2c(c1C)C[C@@H](C(=O)O)N2C(=O)OC(C)(C)C. The highest BCUT2D eigenvalue weighted by molar-refractivity contribution is 5.99. The van der Waals surface area contributed by atoms with Gasteiger partial charge in [0.15, 0.2) is 0 Å².